The van der Waals surface area contributed by atoms with Gasteiger partial charge in [0.2, 0.25) is 0 Å². The standard InChI is InChI=1S/C18H16FN3O2/c1-24-15-4-2-3-12(16(15)19)11-7-8-13-14(9-11)21-17(10-5-6-10)22(20)18(13)23/h2-4,7-10H,5-6,20H2,1H3. The Labute approximate surface area is 137 Å². The molecule has 1 saturated carbocycles. The lowest BCUT2D eigenvalue weighted by Crippen LogP contribution is -2.31. The SMILES string of the molecule is COc1cccc(-c2ccc3c(=O)n(N)c(C4CC4)nc3c2)c1F. The number of nitrogens with two attached hydrogens (primary N) is 1. The van der Waals surface area contributed by atoms with Crippen molar-refractivity contribution in [3.05, 3.63) is 58.4 Å². The molecule has 0 spiro atoms. The molecule has 1 aromatic heterocycles. The van der Waals surface area contributed by atoms with Crippen LogP contribution in [0.15, 0.2) is 41.2 Å². The van der Waals surface area contributed by atoms with Crippen LogP contribution in [0.25, 0.3) is 22.0 Å². The number of halogens is 1. The molecule has 3 aromatic rings. The van der Waals surface area contributed by atoms with Gasteiger partial charge in [-0.1, -0.05) is 18.2 Å². The Morgan fingerprint density at radius 2 is 2.08 bits per heavy atom. The number of rotatable bonds is 3. The molecule has 4 rings (SSSR count). The van der Waals surface area contributed by atoms with E-state index >= 15 is 0 Å². The molecule has 0 amide bonds. The summed E-state index contributed by atoms with van der Waals surface area (Å²) in [4.78, 5) is 16.9. The number of ether oxygens (including phenoxy) is 1. The third-order valence-corrected chi connectivity index (χ3v) is 4.37. The van der Waals surface area contributed by atoms with E-state index in [0.717, 1.165) is 17.5 Å². The van der Waals surface area contributed by atoms with E-state index in [4.69, 9.17) is 10.6 Å². The van der Waals surface area contributed by atoms with Crippen molar-refractivity contribution in [2.75, 3.05) is 13.0 Å². The lowest BCUT2D eigenvalue weighted by Gasteiger charge is -2.10. The zero-order chi connectivity index (χ0) is 16.8. The van der Waals surface area contributed by atoms with Crippen LogP contribution in [0, 0.1) is 5.82 Å². The highest BCUT2D eigenvalue weighted by Crippen LogP contribution is 2.38. The molecule has 2 aromatic carbocycles. The Kier molecular flexibility index (Phi) is 3.26. The minimum Gasteiger partial charge on any atom is -0.494 e. The molecule has 1 aliphatic rings. The number of fused-ring (bicyclic) bond motifs is 1. The Balaban J connectivity index is 1.93. The summed E-state index contributed by atoms with van der Waals surface area (Å²) in [6.07, 6.45) is 1.97. The maximum absolute atomic E-state index is 14.5. The predicted molar refractivity (Wildman–Crippen MR) is 90.1 cm³/mol. The second kappa shape index (κ2) is 5.33. The number of aromatic nitrogens is 2. The van der Waals surface area contributed by atoms with Crippen molar-refractivity contribution in [2.24, 2.45) is 0 Å². The van der Waals surface area contributed by atoms with E-state index in [1.54, 1.807) is 36.4 Å². The van der Waals surface area contributed by atoms with Crippen LogP contribution >= 0.6 is 0 Å². The Hall–Kier alpha value is -2.89. The molecule has 5 nitrogen and oxygen atoms in total. The van der Waals surface area contributed by atoms with Gasteiger partial charge in [0.25, 0.3) is 5.56 Å². The van der Waals surface area contributed by atoms with E-state index in [0.29, 0.717) is 27.9 Å². The molecule has 6 heteroatoms. The average molecular weight is 325 g/mol. The second-order valence-corrected chi connectivity index (χ2v) is 5.97. The third kappa shape index (κ3) is 2.22. The van der Waals surface area contributed by atoms with E-state index in [9.17, 15) is 9.18 Å². The number of nitrogens with zero attached hydrogens (tertiary/aromatic N) is 2. The van der Waals surface area contributed by atoms with Crippen LogP contribution in [0.4, 0.5) is 4.39 Å². The monoisotopic (exact) mass is 325 g/mol. The molecule has 0 atom stereocenters. The molecule has 1 heterocycles. The first-order valence-electron chi connectivity index (χ1n) is 7.75. The molecule has 0 aliphatic heterocycles. The van der Waals surface area contributed by atoms with E-state index in [1.165, 1.54) is 7.11 Å². The quantitative estimate of drug-likeness (QED) is 0.752. The molecule has 2 N–H and O–H groups in total. The van der Waals surface area contributed by atoms with Gasteiger partial charge in [-0.2, -0.15) is 0 Å². The lowest BCUT2D eigenvalue weighted by molar-refractivity contribution is 0.387. The first kappa shape index (κ1) is 14.7. The number of methoxy groups -OCH3 is 1. The molecule has 1 aliphatic carbocycles. The van der Waals surface area contributed by atoms with Crippen LogP contribution < -0.4 is 16.1 Å². The summed E-state index contributed by atoms with van der Waals surface area (Å²) in [5.41, 5.74) is 1.30. The van der Waals surface area contributed by atoms with Gasteiger partial charge in [-0.15, -0.1) is 0 Å². The highest BCUT2D eigenvalue weighted by Gasteiger charge is 2.29. The van der Waals surface area contributed by atoms with Gasteiger partial charge in [0.1, 0.15) is 5.82 Å². The van der Waals surface area contributed by atoms with Gasteiger partial charge >= 0.3 is 0 Å². The summed E-state index contributed by atoms with van der Waals surface area (Å²) in [5.74, 6) is 6.44. The van der Waals surface area contributed by atoms with Gasteiger partial charge in [0, 0.05) is 11.5 Å². The van der Waals surface area contributed by atoms with Crippen molar-refractivity contribution in [3.63, 3.8) is 0 Å². The molecule has 24 heavy (non-hydrogen) atoms. The molecular weight excluding hydrogens is 309 g/mol. The lowest BCUT2D eigenvalue weighted by atomic mass is 10.0. The van der Waals surface area contributed by atoms with Crippen LogP contribution in [-0.4, -0.2) is 16.8 Å². The summed E-state index contributed by atoms with van der Waals surface area (Å²) in [5, 5.41) is 0.425. The summed E-state index contributed by atoms with van der Waals surface area (Å²) < 4.78 is 20.6. The van der Waals surface area contributed by atoms with Gasteiger partial charge in [-0.3, -0.25) is 4.79 Å². The van der Waals surface area contributed by atoms with E-state index in [2.05, 4.69) is 4.98 Å². The Morgan fingerprint density at radius 3 is 2.79 bits per heavy atom. The number of benzene rings is 2. The van der Waals surface area contributed by atoms with Crippen LogP contribution in [0.3, 0.4) is 0 Å². The number of hydrogen-bond donors (Lipinski definition) is 1. The van der Waals surface area contributed by atoms with Crippen LogP contribution in [0.1, 0.15) is 24.6 Å². The van der Waals surface area contributed by atoms with Crippen molar-refractivity contribution in [2.45, 2.75) is 18.8 Å². The van der Waals surface area contributed by atoms with Crippen molar-refractivity contribution in [1.82, 2.24) is 9.66 Å². The van der Waals surface area contributed by atoms with Crippen molar-refractivity contribution < 1.29 is 9.13 Å². The van der Waals surface area contributed by atoms with Gasteiger partial charge < -0.3 is 10.6 Å². The van der Waals surface area contributed by atoms with Crippen LogP contribution in [-0.2, 0) is 0 Å². The smallest absolute Gasteiger partial charge is 0.279 e. The largest absolute Gasteiger partial charge is 0.494 e. The molecule has 0 bridgehead atoms. The van der Waals surface area contributed by atoms with Gasteiger partial charge in [-0.05, 0) is 36.6 Å². The van der Waals surface area contributed by atoms with Gasteiger partial charge in [0.15, 0.2) is 11.6 Å². The fraction of sp³-hybridized carbons (Fsp3) is 0.222. The summed E-state index contributed by atoms with van der Waals surface area (Å²) in [6.45, 7) is 0. The van der Waals surface area contributed by atoms with Crippen LogP contribution in [0.2, 0.25) is 0 Å². The van der Waals surface area contributed by atoms with E-state index in [-0.39, 0.29) is 17.2 Å². The highest BCUT2D eigenvalue weighted by atomic mass is 19.1. The maximum atomic E-state index is 14.5. The molecule has 0 unspecified atom stereocenters. The van der Waals surface area contributed by atoms with Gasteiger partial charge in [0.05, 0.1) is 18.0 Å². The topological polar surface area (TPSA) is 70.1 Å². The summed E-state index contributed by atoms with van der Waals surface area (Å²) >= 11 is 0. The number of nitrogen functional groups attached to an aromatic ring is 1. The normalized spacial score (nSPS) is 14.1. The first-order valence-corrected chi connectivity index (χ1v) is 7.75. The van der Waals surface area contributed by atoms with Crippen molar-refractivity contribution >= 4 is 10.9 Å². The van der Waals surface area contributed by atoms with Gasteiger partial charge in [-0.25, -0.2) is 14.1 Å². The maximum Gasteiger partial charge on any atom is 0.279 e. The first-order chi connectivity index (χ1) is 11.6. The third-order valence-electron chi connectivity index (χ3n) is 4.37. The fourth-order valence-electron chi connectivity index (χ4n) is 2.90. The summed E-state index contributed by atoms with van der Waals surface area (Å²) in [6, 6.07) is 10.0. The molecule has 122 valence electrons. The Bertz CT molecular complexity index is 1010. The molecule has 0 saturated heterocycles. The minimum absolute atomic E-state index is 0.177. The zero-order valence-corrected chi connectivity index (χ0v) is 13.1. The average Bonchev–Trinajstić information content (AvgIpc) is 3.43. The fourth-order valence-corrected chi connectivity index (χ4v) is 2.90. The summed E-state index contributed by atoms with van der Waals surface area (Å²) in [7, 11) is 1.43. The highest BCUT2D eigenvalue weighted by molar-refractivity contribution is 5.84. The Morgan fingerprint density at radius 1 is 1.29 bits per heavy atom. The minimum atomic E-state index is -0.436. The van der Waals surface area contributed by atoms with Crippen LogP contribution in [0.5, 0.6) is 5.75 Å². The zero-order valence-electron chi connectivity index (χ0n) is 13.1. The van der Waals surface area contributed by atoms with Crippen molar-refractivity contribution in [3.8, 4) is 16.9 Å². The van der Waals surface area contributed by atoms with E-state index < -0.39 is 5.82 Å². The van der Waals surface area contributed by atoms with Crippen molar-refractivity contribution in [1.29, 1.82) is 0 Å². The molecular formula is C18H16FN3O2. The molecule has 0 radical (unpaired) electrons. The number of hydrogen-bond acceptors (Lipinski definition) is 4. The van der Waals surface area contributed by atoms with E-state index in [1.807, 2.05) is 0 Å². The molecule has 1 fully saturated rings. The second-order valence-electron chi connectivity index (χ2n) is 5.97. The predicted octanol–water partition coefficient (Wildman–Crippen LogP) is 2.80.